The molecule has 2 rings (SSSR count). The Bertz CT molecular complexity index is 668. The second kappa shape index (κ2) is 6.35. The predicted octanol–water partition coefficient (Wildman–Crippen LogP) is 4.53. The van der Waals surface area contributed by atoms with Crippen LogP contribution in [0.2, 0.25) is 0 Å². The van der Waals surface area contributed by atoms with E-state index in [1.807, 2.05) is 13.0 Å². The molecule has 1 N–H and O–H groups in total. The number of benzene rings is 2. The number of halogens is 3. The monoisotopic (exact) mass is 353 g/mol. The highest BCUT2D eigenvalue weighted by atomic mass is 79.9. The Balaban J connectivity index is 2.25. The van der Waals surface area contributed by atoms with Gasteiger partial charge in [0, 0.05) is 10.0 Å². The number of aryl methyl sites for hydroxylation is 1. The summed E-state index contributed by atoms with van der Waals surface area (Å²) in [5.41, 5.74) is 1.21. The lowest BCUT2D eigenvalue weighted by Crippen LogP contribution is -2.28. The van der Waals surface area contributed by atoms with Gasteiger partial charge in [-0.2, -0.15) is 0 Å². The van der Waals surface area contributed by atoms with Crippen molar-refractivity contribution in [2.24, 2.45) is 0 Å². The first-order chi connectivity index (χ1) is 9.90. The first-order valence-corrected chi connectivity index (χ1v) is 7.20. The normalized spacial score (nSPS) is 12.0. The van der Waals surface area contributed by atoms with Crippen molar-refractivity contribution < 1.29 is 13.6 Å². The number of carbonyl (C=O) groups is 1. The summed E-state index contributed by atoms with van der Waals surface area (Å²) in [7, 11) is 0. The van der Waals surface area contributed by atoms with Crippen LogP contribution in [-0.4, -0.2) is 5.91 Å². The summed E-state index contributed by atoms with van der Waals surface area (Å²) in [6, 6.07) is 8.20. The van der Waals surface area contributed by atoms with E-state index in [4.69, 9.17) is 0 Å². The Hall–Kier alpha value is -1.75. The van der Waals surface area contributed by atoms with Gasteiger partial charge in [0.1, 0.15) is 11.6 Å². The van der Waals surface area contributed by atoms with Crippen molar-refractivity contribution in [1.29, 1.82) is 0 Å². The highest BCUT2D eigenvalue weighted by Gasteiger charge is 2.19. The van der Waals surface area contributed by atoms with Gasteiger partial charge in [-0.25, -0.2) is 8.78 Å². The van der Waals surface area contributed by atoms with Crippen molar-refractivity contribution in [3.63, 3.8) is 0 Å². The lowest BCUT2D eigenvalue weighted by atomic mass is 10.1. The summed E-state index contributed by atoms with van der Waals surface area (Å²) in [6.45, 7) is 3.41. The summed E-state index contributed by atoms with van der Waals surface area (Å²) in [6.07, 6.45) is 0. The third-order valence-electron chi connectivity index (χ3n) is 3.15. The zero-order chi connectivity index (χ0) is 15.6. The van der Waals surface area contributed by atoms with Crippen molar-refractivity contribution in [3.05, 3.63) is 69.2 Å². The second-order valence-corrected chi connectivity index (χ2v) is 5.67. The van der Waals surface area contributed by atoms with Gasteiger partial charge in [-0.15, -0.1) is 0 Å². The molecule has 0 radical (unpaired) electrons. The average Bonchev–Trinajstić information content (AvgIpc) is 2.41. The second-order valence-electron chi connectivity index (χ2n) is 4.81. The van der Waals surface area contributed by atoms with E-state index in [2.05, 4.69) is 21.2 Å². The highest BCUT2D eigenvalue weighted by molar-refractivity contribution is 9.10. The fourth-order valence-corrected chi connectivity index (χ4v) is 2.51. The van der Waals surface area contributed by atoms with Gasteiger partial charge in [0.05, 0.1) is 11.6 Å². The van der Waals surface area contributed by atoms with Gasteiger partial charge in [-0.05, 0) is 54.0 Å². The van der Waals surface area contributed by atoms with Crippen LogP contribution in [0.25, 0.3) is 0 Å². The molecule has 0 aliphatic rings. The zero-order valence-corrected chi connectivity index (χ0v) is 13.2. The summed E-state index contributed by atoms with van der Waals surface area (Å²) < 4.78 is 28.0. The van der Waals surface area contributed by atoms with Crippen molar-refractivity contribution >= 4 is 21.8 Å². The van der Waals surface area contributed by atoms with Crippen LogP contribution in [0.3, 0.4) is 0 Å². The molecule has 110 valence electrons. The van der Waals surface area contributed by atoms with Crippen LogP contribution >= 0.6 is 15.9 Å². The third kappa shape index (κ3) is 3.47. The molecule has 0 spiro atoms. The first-order valence-electron chi connectivity index (χ1n) is 6.41. The Kier molecular flexibility index (Phi) is 4.73. The fraction of sp³-hybridized carbons (Fsp3) is 0.188. The van der Waals surface area contributed by atoms with Crippen molar-refractivity contribution in [1.82, 2.24) is 5.32 Å². The molecule has 0 heterocycles. The largest absolute Gasteiger partial charge is 0.345 e. The lowest BCUT2D eigenvalue weighted by Gasteiger charge is -2.16. The van der Waals surface area contributed by atoms with Crippen LogP contribution in [0.15, 0.2) is 40.9 Å². The van der Waals surface area contributed by atoms with E-state index in [9.17, 15) is 13.6 Å². The molecule has 5 heteroatoms. The highest BCUT2D eigenvalue weighted by Crippen LogP contribution is 2.22. The van der Waals surface area contributed by atoms with Crippen molar-refractivity contribution in [2.45, 2.75) is 19.9 Å². The SMILES string of the molecule is Cc1ccc(Br)c(C(=O)NC(C)c2c(F)cccc2F)c1. The number of hydrogen-bond donors (Lipinski definition) is 1. The van der Waals surface area contributed by atoms with Gasteiger partial charge in [0.2, 0.25) is 0 Å². The van der Waals surface area contributed by atoms with Gasteiger partial charge >= 0.3 is 0 Å². The fourth-order valence-electron chi connectivity index (χ4n) is 2.08. The lowest BCUT2D eigenvalue weighted by molar-refractivity contribution is 0.0938. The van der Waals surface area contributed by atoms with E-state index in [1.54, 1.807) is 19.1 Å². The predicted molar refractivity (Wildman–Crippen MR) is 81.1 cm³/mol. The summed E-state index contributed by atoms with van der Waals surface area (Å²) in [5, 5.41) is 2.61. The molecule has 2 aromatic rings. The first kappa shape index (κ1) is 15.6. The summed E-state index contributed by atoms with van der Waals surface area (Å²) in [4.78, 5) is 12.2. The van der Waals surface area contributed by atoms with Gasteiger partial charge in [-0.3, -0.25) is 4.79 Å². The maximum atomic E-state index is 13.7. The number of carbonyl (C=O) groups excluding carboxylic acids is 1. The molecule has 0 saturated carbocycles. The smallest absolute Gasteiger partial charge is 0.252 e. The molecule has 0 fully saturated rings. The van der Waals surface area contributed by atoms with E-state index >= 15 is 0 Å². The molecule has 0 bridgehead atoms. The molecule has 1 atom stereocenters. The Morgan fingerprint density at radius 2 is 1.81 bits per heavy atom. The van der Waals surface area contributed by atoms with Gasteiger partial charge in [-0.1, -0.05) is 17.7 Å². The van der Waals surface area contributed by atoms with Crippen molar-refractivity contribution in [2.75, 3.05) is 0 Å². The van der Waals surface area contributed by atoms with Crippen LogP contribution in [0.5, 0.6) is 0 Å². The van der Waals surface area contributed by atoms with Gasteiger partial charge in [0.15, 0.2) is 0 Å². The number of amides is 1. The molecule has 0 aliphatic carbocycles. The zero-order valence-electron chi connectivity index (χ0n) is 11.6. The minimum atomic E-state index is -0.772. The van der Waals surface area contributed by atoms with E-state index in [0.717, 1.165) is 5.56 Å². The molecule has 1 amide bonds. The van der Waals surface area contributed by atoms with Crippen LogP contribution in [0.1, 0.15) is 34.5 Å². The maximum absolute atomic E-state index is 13.7. The third-order valence-corrected chi connectivity index (χ3v) is 3.84. The molecular formula is C16H14BrF2NO. The summed E-state index contributed by atoms with van der Waals surface area (Å²) >= 11 is 3.30. The van der Waals surface area contributed by atoms with Crippen LogP contribution < -0.4 is 5.32 Å². The molecule has 2 nitrogen and oxygen atoms in total. The number of hydrogen-bond acceptors (Lipinski definition) is 1. The Labute approximate surface area is 130 Å². The van der Waals surface area contributed by atoms with E-state index in [1.165, 1.54) is 18.2 Å². The van der Waals surface area contributed by atoms with Crippen LogP contribution in [0.4, 0.5) is 8.78 Å². The molecule has 0 saturated heterocycles. The quantitative estimate of drug-likeness (QED) is 0.862. The maximum Gasteiger partial charge on any atom is 0.252 e. The Morgan fingerprint density at radius 1 is 1.19 bits per heavy atom. The van der Waals surface area contributed by atoms with Crippen molar-refractivity contribution in [3.8, 4) is 0 Å². The molecule has 21 heavy (non-hydrogen) atoms. The van der Waals surface area contributed by atoms with Crippen LogP contribution in [-0.2, 0) is 0 Å². The van der Waals surface area contributed by atoms with E-state index in [-0.39, 0.29) is 11.5 Å². The number of rotatable bonds is 3. The average molecular weight is 354 g/mol. The van der Waals surface area contributed by atoms with Gasteiger partial charge < -0.3 is 5.32 Å². The minimum Gasteiger partial charge on any atom is -0.345 e. The standard InChI is InChI=1S/C16H14BrF2NO/c1-9-6-7-12(17)11(8-9)16(21)20-10(2)15-13(18)4-3-5-14(15)19/h3-8,10H,1-2H3,(H,20,21). The van der Waals surface area contributed by atoms with E-state index in [0.29, 0.717) is 10.0 Å². The molecule has 1 unspecified atom stereocenters. The molecular weight excluding hydrogens is 340 g/mol. The van der Waals surface area contributed by atoms with Gasteiger partial charge in [0.25, 0.3) is 5.91 Å². The Morgan fingerprint density at radius 3 is 2.43 bits per heavy atom. The molecule has 2 aromatic carbocycles. The molecule has 0 aromatic heterocycles. The number of nitrogens with one attached hydrogen (secondary N) is 1. The molecule has 0 aliphatic heterocycles. The van der Waals surface area contributed by atoms with Crippen LogP contribution in [0, 0.1) is 18.6 Å². The van der Waals surface area contributed by atoms with E-state index < -0.39 is 17.7 Å². The topological polar surface area (TPSA) is 29.1 Å². The minimum absolute atomic E-state index is 0.144. The summed E-state index contributed by atoms with van der Waals surface area (Å²) in [5.74, 6) is -1.74.